The maximum Gasteiger partial charge on any atom is 0.515 e. The average Bonchev–Trinajstić information content (AvgIpc) is 3.08. The van der Waals surface area contributed by atoms with Gasteiger partial charge in [-0.25, -0.2) is 9.78 Å². The summed E-state index contributed by atoms with van der Waals surface area (Å²) < 4.78 is 11.7. The van der Waals surface area contributed by atoms with E-state index in [0.29, 0.717) is 18.2 Å². The van der Waals surface area contributed by atoms with Crippen LogP contribution in [0.25, 0.3) is 17.0 Å². The molecule has 0 fully saturated rings. The molecule has 0 radical (unpaired) electrons. The molecule has 0 atom stereocenters. The number of aryl methyl sites for hydroxylation is 1. The minimum atomic E-state index is -0.750. The second-order valence-electron chi connectivity index (χ2n) is 5.00. The lowest BCUT2D eigenvalue weighted by molar-refractivity contribution is 0.101. The largest absolute Gasteiger partial charge is 0.515 e. The topological polar surface area (TPSA) is 82.0 Å². The molecule has 0 aliphatic carbocycles. The highest BCUT2D eigenvalue weighted by Gasteiger charge is 2.22. The fourth-order valence-corrected chi connectivity index (χ4v) is 2.46. The molecule has 3 rings (SSSR count). The summed E-state index contributed by atoms with van der Waals surface area (Å²) in [5.74, 6) is 0.829. The summed E-state index contributed by atoms with van der Waals surface area (Å²) in [5, 5.41) is 4.45. The van der Waals surface area contributed by atoms with Crippen molar-refractivity contribution in [3.63, 3.8) is 0 Å². The predicted molar refractivity (Wildman–Crippen MR) is 85.0 cm³/mol. The number of aromatic nitrogens is 4. The fourth-order valence-electron chi connectivity index (χ4n) is 2.46. The van der Waals surface area contributed by atoms with Crippen molar-refractivity contribution < 1.29 is 14.3 Å². The van der Waals surface area contributed by atoms with E-state index in [0.717, 1.165) is 22.3 Å². The minimum Gasteiger partial charge on any atom is -0.434 e. The van der Waals surface area contributed by atoms with Crippen molar-refractivity contribution in [2.24, 2.45) is 0 Å². The molecule has 0 saturated carbocycles. The number of imidazole rings is 1. The van der Waals surface area contributed by atoms with Gasteiger partial charge < -0.3 is 14.5 Å². The second-order valence-corrected chi connectivity index (χ2v) is 5.00. The van der Waals surface area contributed by atoms with Gasteiger partial charge in [0.05, 0.1) is 23.3 Å². The van der Waals surface area contributed by atoms with E-state index in [4.69, 9.17) is 9.47 Å². The van der Waals surface area contributed by atoms with Crippen LogP contribution in [0.1, 0.15) is 25.1 Å². The first-order chi connectivity index (χ1) is 11.1. The summed E-state index contributed by atoms with van der Waals surface area (Å²) in [4.78, 5) is 19.4. The zero-order valence-electron chi connectivity index (χ0n) is 13.3. The van der Waals surface area contributed by atoms with Crippen molar-refractivity contribution >= 4 is 17.2 Å². The summed E-state index contributed by atoms with van der Waals surface area (Å²) >= 11 is 0. The fraction of sp³-hybridized carbons (Fsp3) is 0.312. The molecular weight excluding hydrogens is 296 g/mol. The molecule has 0 unspecified atom stereocenters. The number of fused-ring (bicyclic) bond motifs is 1. The Kier molecular flexibility index (Phi) is 4.01. The molecule has 0 amide bonds. The third-order valence-corrected chi connectivity index (χ3v) is 3.51. The monoisotopic (exact) mass is 314 g/mol. The van der Waals surface area contributed by atoms with Gasteiger partial charge in [-0.1, -0.05) is 19.1 Å². The number of nitrogens with zero attached hydrogens (tertiary/aromatic N) is 3. The van der Waals surface area contributed by atoms with Gasteiger partial charge >= 0.3 is 6.16 Å². The normalized spacial score (nSPS) is 10.9. The van der Waals surface area contributed by atoms with Crippen molar-refractivity contribution in [3.05, 3.63) is 35.5 Å². The number of hydrogen-bond acceptors (Lipinski definition) is 5. The number of H-pyrrole nitrogens is 1. The van der Waals surface area contributed by atoms with E-state index in [-0.39, 0.29) is 6.61 Å². The molecule has 0 aliphatic heterocycles. The Hall–Kier alpha value is -2.83. The molecule has 0 spiro atoms. The molecule has 7 nitrogen and oxygen atoms in total. The van der Waals surface area contributed by atoms with E-state index < -0.39 is 6.16 Å². The van der Waals surface area contributed by atoms with E-state index in [9.17, 15) is 4.79 Å². The number of aromatic amines is 1. The number of para-hydroxylation sites is 2. The van der Waals surface area contributed by atoms with Gasteiger partial charge in [0.15, 0.2) is 0 Å². The van der Waals surface area contributed by atoms with Gasteiger partial charge in [-0.15, -0.1) is 0 Å². The highest BCUT2D eigenvalue weighted by molar-refractivity contribution is 5.76. The number of carbonyl (C=O) groups is 1. The molecule has 2 aromatic heterocycles. The van der Waals surface area contributed by atoms with Crippen molar-refractivity contribution in [2.45, 2.75) is 27.2 Å². The van der Waals surface area contributed by atoms with E-state index in [1.165, 1.54) is 4.68 Å². The van der Waals surface area contributed by atoms with E-state index >= 15 is 0 Å². The quantitative estimate of drug-likeness (QED) is 0.748. The minimum absolute atomic E-state index is 0.248. The number of ether oxygens (including phenoxy) is 2. The maximum atomic E-state index is 11.7. The van der Waals surface area contributed by atoms with Crippen molar-refractivity contribution in [3.8, 4) is 11.8 Å². The maximum absolute atomic E-state index is 11.7. The van der Waals surface area contributed by atoms with Gasteiger partial charge in [0.1, 0.15) is 0 Å². The van der Waals surface area contributed by atoms with Gasteiger partial charge in [0.25, 0.3) is 0 Å². The van der Waals surface area contributed by atoms with Crippen molar-refractivity contribution in [2.75, 3.05) is 6.61 Å². The van der Waals surface area contributed by atoms with Crippen LogP contribution in [0.15, 0.2) is 24.3 Å². The Morgan fingerprint density at radius 1 is 1.30 bits per heavy atom. The summed E-state index contributed by atoms with van der Waals surface area (Å²) in [6.07, 6.45) is -0.0691. The molecule has 1 N–H and O–H groups in total. The van der Waals surface area contributed by atoms with E-state index in [1.807, 2.05) is 38.1 Å². The SMILES string of the molecule is CCOC(=O)Oc1c(CC)c(C)nn1-c1nc2ccccc2[nH]1. The Morgan fingerprint density at radius 3 is 2.78 bits per heavy atom. The van der Waals surface area contributed by atoms with E-state index in [2.05, 4.69) is 15.1 Å². The van der Waals surface area contributed by atoms with Crippen LogP contribution in [0.4, 0.5) is 4.79 Å². The number of hydrogen-bond donors (Lipinski definition) is 1. The summed E-state index contributed by atoms with van der Waals surface area (Å²) in [7, 11) is 0. The lowest BCUT2D eigenvalue weighted by atomic mass is 10.2. The Labute approximate surface area is 133 Å². The smallest absolute Gasteiger partial charge is 0.434 e. The molecule has 7 heteroatoms. The molecule has 1 aromatic carbocycles. The first kappa shape index (κ1) is 15.1. The summed E-state index contributed by atoms with van der Waals surface area (Å²) in [5.41, 5.74) is 3.33. The third kappa shape index (κ3) is 2.77. The number of carbonyl (C=O) groups excluding carboxylic acids is 1. The Morgan fingerprint density at radius 2 is 2.09 bits per heavy atom. The van der Waals surface area contributed by atoms with Gasteiger partial charge in [0, 0.05) is 5.56 Å². The zero-order chi connectivity index (χ0) is 16.4. The zero-order valence-corrected chi connectivity index (χ0v) is 13.3. The number of benzene rings is 1. The molecule has 0 bridgehead atoms. The average molecular weight is 314 g/mol. The van der Waals surface area contributed by atoms with Crippen LogP contribution < -0.4 is 4.74 Å². The van der Waals surface area contributed by atoms with Crippen LogP contribution in [0, 0.1) is 6.92 Å². The van der Waals surface area contributed by atoms with Crippen LogP contribution >= 0.6 is 0 Å². The predicted octanol–water partition coefficient (Wildman–Crippen LogP) is 3.15. The number of rotatable bonds is 4. The van der Waals surface area contributed by atoms with Crippen molar-refractivity contribution in [1.82, 2.24) is 19.7 Å². The third-order valence-electron chi connectivity index (χ3n) is 3.51. The Balaban J connectivity index is 2.08. The highest BCUT2D eigenvalue weighted by atomic mass is 16.7. The van der Waals surface area contributed by atoms with Crippen LogP contribution in [0.3, 0.4) is 0 Å². The number of nitrogens with one attached hydrogen (secondary N) is 1. The van der Waals surface area contributed by atoms with E-state index in [1.54, 1.807) is 6.92 Å². The first-order valence-corrected chi connectivity index (χ1v) is 7.52. The van der Waals surface area contributed by atoms with Crippen molar-refractivity contribution in [1.29, 1.82) is 0 Å². The standard InChI is InChI=1S/C16H18N4O3/c1-4-11-10(3)19-20(14(11)23-16(21)22-5-2)15-17-12-8-6-7-9-13(12)18-15/h6-9H,4-5H2,1-3H3,(H,17,18). The molecule has 2 heterocycles. The van der Waals surface area contributed by atoms with Gasteiger partial charge in [-0.2, -0.15) is 9.78 Å². The molecule has 0 aliphatic rings. The molecule has 23 heavy (non-hydrogen) atoms. The molecule has 3 aromatic rings. The molecular formula is C16H18N4O3. The molecule has 0 saturated heterocycles. The lowest BCUT2D eigenvalue weighted by Gasteiger charge is -2.07. The van der Waals surface area contributed by atoms with Crippen LogP contribution in [-0.2, 0) is 11.2 Å². The molecule has 120 valence electrons. The summed E-state index contributed by atoms with van der Waals surface area (Å²) in [6.45, 7) is 5.82. The Bertz CT molecular complexity index is 817. The van der Waals surface area contributed by atoms with Gasteiger partial charge in [0.2, 0.25) is 11.8 Å². The lowest BCUT2D eigenvalue weighted by Crippen LogP contribution is -2.14. The summed E-state index contributed by atoms with van der Waals surface area (Å²) in [6, 6.07) is 7.66. The van der Waals surface area contributed by atoms with Gasteiger partial charge in [-0.3, -0.25) is 0 Å². The first-order valence-electron chi connectivity index (χ1n) is 7.52. The van der Waals surface area contributed by atoms with Crippen LogP contribution in [0.2, 0.25) is 0 Å². The second kappa shape index (κ2) is 6.12. The highest BCUT2D eigenvalue weighted by Crippen LogP contribution is 2.26. The van der Waals surface area contributed by atoms with Crippen LogP contribution in [-0.4, -0.2) is 32.5 Å². The van der Waals surface area contributed by atoms with Crippen LogP contribution in [0.5, 0.6) is 5.88 Å². The van der Waals surface area contributed by atoms with Gasteiger partial charge in [-0.05, 0) is 32.4 Å².